The second-order valence-corrected chi connectivity index (χ2v) is 6.39. The van der Waals surface area contributed by atoms with Crippen LogP contribution in [-0.4, -0.2) is 31.7 Å². The number of fused-ring (bicyclic) bond motifs is 1. The Morgan fingerprint density at radius 1 is 1.12 bits per heavy atom. The standard InChI is InChI=1S/C21H26N2O3/c1-4-25-19-11-10-17(13-20(19)26-5-2)22-21(24)14-23-15(3)12-16-8-6-7-9-18(16)23/h6-11,13,15H,4-5,12,14H2,1-3H3,(H,22,24)/t15-/m0/s1. The molecule has 2 aromatic rings. The first-order valence-corrected chi connectivity index (χ1v) is 9.16. The van der Waals surface area contributed by atoms with Gasteiger partial charge in [0.05, 0.1) is 19.8 Å². The van der Waals surface area contributed by atoms with E-state index in [0.29, 0.717) is 43.0 Å². The van der Waals surface area contributed by atoms with Crippen molar-refractivity contribution < 1.29 is 14.3 Å². The molecule has 0 aromatic heterocycles. The maximum absolute atomic E-state index is 12.6. The molecule has 1 N–H and O–H groups in total. The van der Waals surface area contributed by atoms with Crippen LogP contribution in [0.4, 0.5) is 11.4 Å². The topological polar surface area (TPSA) is 50.8 Å². The van der Waals surface area contributed by atoms with E-state index >= 15 is 0 Å². The van der Waals surface area contributed by atoms with E-state index in [9.17, 15) is 4.79 Å². The molecule has 0 saturated heterocycles. The summed E-state index contributed by atoms with van der Waals surface area (Å²) in [5.41, 5.74) is 3.16. The average Bonchev–Trinajstić information content (AvgIpc) is 2.93. The molecule has 5 heteroatoms. The lowest BCUT2D eigenvalue weighted by Crippen LogP contribution is -2.37. The number of nitrogens with one attached hydrogen (secondary N) is 1. The van der Waals surface area contributed by atoms with E-state index in [1.807, 2.05) is 44.2 Å². The molecule has 0 saturated carbocycles. The molecular formula is C21H26N2O3. The van der Waals surface area contributed by atoms with Crippen LogP contribution < -0.4 is 19.7 Å². The van der Waals surface area contributed by atoms with Crippen molar-refractivity contribution in [2.24, 2.45) is 0 Å². The number of benzene rings is 2. The predicted octanol–water partition coefficient (Wildman–Crippen LogP) is 3.87. The van der Waals surface area contributed by atoms with E-state index in [1.165, 1.54) is 5.56 Å². The van der Waals surface area contributed by atoms with Gasteiger partial charge in [-0.1, -0.05) is 18.2 Å². The number of nitrogens with zero attached hydrogens (tertiary/aromatic N) is 1. The number of hydrogen-bond donors (Lipinski definition) is 1. The molecule has 1 aliphatic heterocycles. The van der Waals surface area contributed by atoms with Crippen LogP contribution in [0.3, 0.4) is 0 Å². The lowest BCUT2D eigenvalue weighted by atomic mass is 10.1. The Balaban J connectivity index is 1.69. The van der Waals surface area contributed by atoms with Gasteiger partial charge in [-0.3, -0.25) is 4.79 Å². The van der Waals surface area contributed by atoms with Crippen LogP contribution in [0.1, 0.15) is 26.3 Å². The molecule has 0 aliphatic carbocycles. The van der Waals surface area contributed by atoms with E-state index < -0.39 is 0 Å². The molecule has 1 amide bonds. The Hall–Kier alpha value is -2.69. The molecule has 3 rings (SSSR count). The van der Waals surface area contributed by atoms with Gasteiger partial charge in [0, 0.05) is 23.5 Å². The molecule has 0 spiro atoms. The van der Waals surface area contributed by atoms with Crippen molar-refractivity contribution in [3.8, 4) is 11.5 Å². The van der Waals surface area contributed by atoms with Gasteiger partial charge in [-0.15, -0.1) is 0 Å². The summed E-state index contributed by atoms with van der Waals surface area (Å²) in [7, 11) is 0. The molecule has 26 heavy (non-hydrogen) atoms. The number of anilines is 2. The summed E-state index contributed by atoms with van der Waals surface area (Å²) in [6.45, 7) is 7.44. The fraction of sp³-hybridized carbons (Fsp3) is 0.381. The Labute approximate surface area is 154 Å². The number of hydrogen-bond acceptors (Lipinski definition) is 4. The van der Waals surface area contributed by atoms with Gasteiger partial charge < -0.3 is 19.7 Å². The quantitative estimate of drug-likeness (QED) is 0.820. The van der Waals surface area contributed by atoms with Crippen LogP contribution in [0, 0.1) is 0 Å². The van der Waals surface area contributed by atoms with Crippen LogP contribution in [-0.2, 0) is 11.2 Å². The van der Waals surface area contributed by atoms with Crippen molar-refractivity contribution in [1.29, 1.82) is 0 Å². The zero-order valence-corrected chi connectivity index (χ0v) is 15.6. The second-order valence-electron chi connectivity index (χ2n) is 6.39. The fourth-order valence-corrected chi connectivity index (χ4v) is 3.35. The molecule has 138 valence electrons. The van der Waals surface area contributed by atoms with Crippen LogP contribution in [0.2, 0.25) is 0 Å². The fourth-order valence-electron chi connectivity index (χ4n) is 3.35. The average molecular weight is 354 g/mol. The lowest BCUT2D eigenvalue weighted by molar-refractivity contribution is -0.115. The van der Waals surface area contributed by atoms with Crippen LogP contribution in [0.25, 0.3) is 0 Å². The van der Waals surface area contributed by atoms with Gasteiger partial charge in [0.25, 0.3) is 0 Å². The van der Waals surface area contributed by atoms with Gasteiger partial charge in [0.15, 0.2) is 11.5 Å². The van der Waals surface area contributed by atoms with Gasteiger partial charge in [-0.05, 0) is 51.0 Å². The van der Waals surface area contributed by atoms with Gasteiger partial charge >= 0.3 is 0 Å². The Bertz CT molecular complexity index is 776. The van der Waals surface area contributed by atoms with Crippen LogP contribution >= 0.6 is 0 Å². The maximum Gasteiger partial charge on any atom is 0.243 e. The number of carbonyl (C=O) groups is 1. The van der Waals surface area contributed by atoms with E-state index in [-0.39, 0.29) is 5.91 Å². The summed E-state index contributed by atoms with van der Waals surface area (Å²) in [5.74, 6) is 1.29. The molecule has 0 bridgehead atoms. The highest BCUT2D eigenvalue weighted by Gasteiger charge is 2.27. The minimum absolute atomic E-state index is 0.0415. The molecule has 1 atom stereocenters. The van der Waals surface area contributed by atoms with Gasteiger partial charge in [0.1, 0.15) is 0 Å². The van der Waals surface area contributed by atoms with Crippen molar-refractivity contribution >= 4 is 17.3 Å². The van der Waals surface area contributed by atoms with E-state index in [2.05, 4.69) is 29.3 Å². The monoisotopic (exact) mass is 354 g/mol. The minimum Gasteiger partial charge on any atom is -0.490 e. The van der Waals surface area contributed by atoms with Crippen molar-refractivity contribution in [3.05, 3.63) is 48.0 Å². The summed E-state index contributed by atoms with van der Waals surface area (Å²) >= 11 is 0. The minimum atomic E-state index is -0.0415. The molecule has 5 nitrogen and oxygen atoms in total. The van der Waals surface area contributed by atoms with Crippen molar-refractivity contribution in [1.82, 2.24) is 0 Å². The normalized spacial score (nSPS) is 15.5. The summed E-state index contributed by atoms with van der Waals surface area (Å²) in [6, 6.07) is 14.1. The highest BCUT2D eigenvalue weighted by atomic mass is 16.5. The summed E-state index contributed by atoms with van der Waals surface area (Å²) < 4.78 is 11.2. The molecule has 0 radical (unpaired) electrons. The molecule has 1 aliphatic rings. The molecule has 1 heterocycles. The molecule has 0 fully saturated rings. The Morgan fingerprint density at radius 3 is 2.62 bits per heavy atom. The van der Waals surface area contributed by atoms with Gasteiger partial charge in [-0.2, -0.15) is 0 Å². The first-order valence-electron chi connectivity index (χ1n) is 9.16. The summed E-state index contributed by atoms with van der Waals surface area (Å²) in [4.78, 5) is 14.7. The number of ether oxygens (including phenoxy) is 2. The van der Waals surface area contributed by atoms with Crippen molar-refractivity contribution in [2.75, 3.05) is 30.0 Å². The van der Waals surface area contributed by atoms with Crippen LogP contribution in [0.5, 0.6) is 11.5 Å². The third kappa shape index (κ3) is 3.93. The Kier molecular flexibility index (Phi) is 5.66. The zero-order valence-electron chi connectivity index (χ0n) is 15.6. The van der Waals surface area contributed by atoms with Crippen molar-refractivity contribution in [3.63, 3.8) is 0 Å². The largest absolute Gasteiger partial charge is 0.490 e. The SMILES string of the molecule is CCOc1ccc(NC(=O)CN2c3ccccc3C[C@@H]2C)cc1OCC. The van der Waals surface area contributed by atoms with E-state index in [1.54, 1.807) is 0 Å². The van der Waals surface area contributed by atoms with Crippen molar-refractivity contribution in [2.45, 2.75) is 33.2 Å². The number of para-hydroxylation sites is 1. The molecule has 0 unspecified atom stereocenters. The van der Waals surface area contributed by atoms with Gasteiger partial charge in [-0.25, -0.2) is 0 Å². The van der Waals surface area contributed by atoms with Crippen LogP contribution in [0.15, 0.2) is 42.5 Å². The van der Waals surface area contributed by atoms with E-state index in [4.69, 9.17) is 9.47 Å². The molecule has 2 aromatic carbocycles. The number of carbonyl (C=O) groups excluding carboxylic acids is 1. The lowest BCUT2D eigenvalue weighted by Gasteiger charge is -2.24. The number of amides is 1. The highest BCUT2D eigenvalue weighted by molar-refractivity contribution is 5.94. The second kappa shape index (κ2) is 8.13. The predicted molar refractivity (Wildman–Crippen MR) is 104 cm³/mol. The first kappa shape index (κ1) is 18.1. The maximum atomic E-state index is 12.6. The molecular weight excluding hydrogens is 328 g/mol. The number of rotatable bonds is 7. The Morgan fingerprint density at radius 2 is 1.85 bits per heavy atom. The summed E-state index contributed by atoms with van der Waals surface area (Å²) in [6.07, 6.45) is 0.973. The first-order chi connectivity index (χ1) is 12.6. The highest BCUT2D eigenvalue weighted by Crippen LogP contribution is 2.32. The smallest absolute Gasteiger partial charge is 0.243 e. The van der Waals surface area contributed by atoms with Gasteiger partial charge in [0.2, 0.25) is 5.91 Å². The van der Waals surface area contributed by atoms with E-state index in [0.717, 1.165) is 12.1 Å². The zero-order chi connectivity index (χ0) is 18.5. The third-order valence-corrected chi connectivity index (χ3v) is 4.49. The third-order valence-electron chi connectivity index (χ3n) is 4.49. The summed E-state index contributed by atoms with van der Waals surface area (Å²) in [5, 5.41) is 2.97.